The number of aromatic nitrogens is 6. The van der Waals surface area contributed by atoms with Gasteiger partial charge in [-0.15, -0.1) is 5.10 Å². The second kappa shape index (κ2) is 7.10. The van der Waals surface area contributed by atoms with E-state index in [1.807, 2.05) is 48.5 Å². The summed E-state index contributed by atoms with van der Waals surface area (Å²) in [5, 5.41) is 9.61. The molecule has 0 radical (unpaired) electrons. The zero-order valence-electron chi connectivity index (χ0n) is 17.0. The van der Waals surface area contributed by atoms with Crippen LogP contribution in [0, 0.1) is 0 Å². The lowest BCUT2D eigenvalue weighted by atomic mass is 10.2. The highest BCUT2D eigenvalue weighted by molar-refractivity contribution is 6.33. The SMILES string of the molecule is Nc1nc2cccc(N3CCC[C@H]3c3nn4ccc(Cl)c4c(=O)n3-c3ccccc3)n2n1. The van der Waals surface area contributed by atoms with Crippen LogP contribution in [0.4, 0.5) is 11.8 Å². The molecule has 1 aromatic carbocycles. The molecule has 0 amide bonds. The van der Waals surface area contributed by atoms with E-state index in [-0.39, 0.29) is 17.5 Å². The van der Waals surface area contributed by atoms with Crippen LogP contribution in [0.5, 0.6) is 0 Å². The molecule has 5 aromatic rings. The summed E-state index contributed by atoms with van der Waals surface area (Å²) in [4.78, 5) is 20.1. The molecule has 0 saturated carbocycles. The highest BCUT2D eigenvalue weighted by atomic mass is 35.5. The summed E-state index contributed by atoms with van der Waals surface area (Å²) < 4.78 is 4.98. The number of hydrogen-bond acceptors (Lipinski definition) is 6. The molecule has 0 aliphatic carbocycles. The average molecular weight is 447 g/mol. The van der Waals surface area contributed by atoms with E-state index in [0.29, 0.717) is 22.0 Å². The minimum absolute atomic E-state index is 0.149. The van der Waals surface area contributed by atoms with Gasteiger partial charge < -0.3 is 10.6 Å². The van der Waals surface area contributed by atoms with Crippen LogP contribution >= 0.6 is 11.6 Å². The summed E-state index contributed by atoms with van der Waals surface area (Å²) in [6.45, 7) is 0.790. The van der Waals surface area contributed by atoms with Gasteiger partial charge in [0, 0.05) is 12.7 Å². The first kappa shape index (κ1) is 18.9. The van der Waals surface area contributed by atoms with Crippen LogP contribution in [0.1, 0.15) is 24.7 Å². The zero-order valence-corrected chi connectivity index (χ0v) is 17.7. The Morgan fingerprint density at radius 1 is 1.03 bits per heavy atom. The molecule has 2 N–H and O–H groups in total. The molecule has 5 heterocycles. The van der Waals surface area contributed by atoms with Crippen molar-refractivity contribution in [1.82, 2.24) is 28.8 Å². The lowest BCUT2D eigenvalue weighted by molar-refractivity contribution is 0.597. The molecular weight excluding hydrogens is 428 g/mol. The maximum absolute atomic E-state index is 13.6. The van der Waals surface area contributed by atoms with E-state index < -0.39 is 0 Å². The Kier molecular flexibility index (Phi) is 4.19. The van der Waals surface area contributed by atoms with Crippen molar-refractivity contribution >= 4 is 34.5 Å². The fourth-order valence-electron chi connectivity index (χ4n) is 4.52. The molecule has 1 saturated heterocycles. The van der Waals surface area contributed by atoms with E-state index in [0.717, 1.165) is 30.9 Å². The molecule has 6 rings (SSSR count). The van der Waals surface area contributed by atoms with Crippen molar-refractivity contribution in [2.75, 3.05) is 17.2 Å². The molecule has 9 nitrogen and oxygen atoms in total. The molecular formula is C22H19ClN8O. The van der Waals surface area contributed by atoms with Gasteiger partial charge in [0.15, 0.2) is 11.5 Å². The molecule has 1 aliphatic heterocycles. The number of halogens is 1. The molecule has 0 unspecified atom stereocenters. The summed E-state index contributed by atoms with van der Waals surface area (Å²) in [5.74, 6) is 1.72. The Balaban J connectivity index is 1.59. The van der Waals surface area contributed by atoms with Crippen molar-refractivity contribution in [2.45, 2.75) is 18.9 Å². The number of fused-ring (bicyclic) bond motifs is 2. The van der Waals surface area contributed by atoms with E-state index in [2.05, 4.69) is 15.0 Å². The van der Waals surface area contributed by atoms with Gasteiger partial charge in [0.05, 0.1) is 16.8 Å². The summed E-state index contributed by atoms with van der Waals surface area (Å²) in [6, 6.07) is 16.8. The number of nitrogens with zero attached hydrogens (tertiary/aromatic N) is 7. The van der Waals surface area contributed by atoms with Crippen LogP contribution in [0.25, 0.3) is 16.9 Å². The Hall–Kier alpha value is -3.85. The molecule has 160 valence electrons. The second-order valence-electron chi connectivity index (χ2n) is 7.77. The molecule has 1 fully saturated rings. The fraction of sp³-hybridized carbons (Fsp3) is 0.182. The van der Waals surface area contributed by atoms with Gasteiger partial charge in [-0.2, -0.15) is 14.6 Å². The maximum atomic E-state index is 13.6. The largest absolute Gasteiger partial charge is 0.366 e. The molecule has 4 aromatic heterocycles. The number of nitrogen functional groups attached to an aromatic ring is 1. The van der Waals surface area contributed by atoms with Crippen molar-refractivity contribution in [2.24, 2.45) is 0 Å². The molecule has 0 spiro atoms. The Bertz CT molecular complexity index is 1520. The van der Waals surface area contributed by atoms with Gasteiger partial charge in [0.25, 0.3) is 5.56 Å². The number of hydrogen-bond donors (Lipinski definition) is 1. The van der Waals surface area contributed by atoms with E-state index in [1.54, 1.807) is 25.9 Å². The lowest BCUT2D eigenvalue weighted by Gasteiger charge is -2.28. The summed E-state index contributed by atoms with van der Waals surface area (Å²) in [7, 11) is 0. The minimum atomic E-state index is -0.203. The third-order valence-electron chi connectivity index (χ3n) is 5.88. The molecule has 10 heteroatoms. The van der Waals surface area contributed by atoms with Crippen molar-refractivity contribution in [1.29, 1.82) is 0 Å². The second-order valence-corrected chi connectivity index (χ2v) is 8.17. The molecule has 1 aliphatic rings. The monoisotopic (exact) mass is 446 g/mol. The summed E-state index contributed by atoms with van der Waals surface area (Å²) in [5.41, 5.74) is 7.43. The smallest absolute Gasteiger partial charge is 0.284 e. The molecule has 32 heavy (non-hydrogen) atoms. The van der Waals surface area contributed by atoms with Gasteiger partial charge in [-0.25, -0.2) is 4.52 Å². The minimum Gasteiger partial charge on any atom is -0.366 e. The number of pyridine rings is 1. The number of para-hydroxylation sites is 1. The van der Waals surface area contributed by atoms with E-state index in [4.69, 9.17) is 22.4 Å². The number of nitrogens with two attached hydrogens (primary N) is 1. The van der Waals surface area contributed by atoms with E-state index in [1.165, 1.54) is 0 Å². The number of rotatable bonds is 3. The summed E-state index contributed by atoms with van der Waals surface area (Å²) in [6.07, 6.45) is 3.50. The van der Waals surface area contributed by atoms with Gasteiger partial charge in [0.2, 0.25) is 5.95 Å². The van der Waals surface area contributed by atoms with Crippen molar-refractivity contribution < 1.29 is 0 Å². The fourth-order valence-corrected chi connectivity index (χ4v) is 4.75. The Morgan fingerprint density at radius 3 is 2.72 bits per heavy atom. The Morgan fingerprint density at radius 2 is 1.88 bits per heavy atom. The predicted molar refractivity (Wildman–Crippen MR) is 123 cm³/mol. The molecule has 1 atom stereocenters. The quantitative estimate of drug-likeness (QED) is 0.457. The van der Waals surface area contributed by atoms with Gasteiger partial charge in [0.1, 0.15) is 11.3 Å². The van der Waals surface area contributed by atoms with Crippen LogP contribution in [0.3, 0.4) is 0 Å². The van der Waals surface area contributed by atoms with Crippen LogP contribution in [0.2, 0.25) is 5.02 Å². The van der Waals surface area contributed by atoms with Crippen LogP contribution in [-0.2, 0) is 0 Å². The Labute approximate surface area is 187 Å². The lowest BCUT2D eigenvalue weighted by Crippen LogP contribution is -2.33. The van der Waals surface area contributed by atoms with Crippen molar-refractivity contribution in [3.63, 3.8) is 0 Å². The first-order valence-electron chi connectivity index (χ1n) is 10.3. The van der Waals surface area contributed by atoms with Crippen molar-refractivity contribution in [3.05, 3.63) is 82.0 Å². The van der Waals surface area contributed by atoms with Gasteiger partial charge in [-0.1, -0.05) is 35.9 Å². The first-order valence-corrected chi connectivity index (χ1v) is 10.7. The van der Waals surface area contributed by atoms with E-state index >= 15 is 0 Å². The predicted octanol–water partition coefficient (Wildman–Crippen LogP) is 3.11. The first-order chi connectivity index (χ1) is 15.6. The van der Waals surface area contributed by atoms with Crippen LogP contribution < -0.4 is 16.2 Å². The highest BCUT2D eigenvalue weighted by Crippen LogP contribution is 2.36. The topological polar surface area (TPSA) is 98.8 Å². The highest BCUT2D eigenvalue weighted by Gasteiger charge is 2.33. The normalized spacial score (nSPS) is 16.4. The van der Waals surface area contributed by atoms with Gasteiger partial charge in [-0.05, 0) is 43.2 Å². The summed E-state index contributed by atoms with van der Waals surface area (Å²) >= 11 is 6.33. The van der Waals surface area contributed by atoms with E-state index in [9.17, 15) is 4.79 Å². The maximum Gasteiger partial charge on any atom is 0.284 e. The zero-order chi connectivity index (χ0) is 21.8. The van der Waals surface area contributed by atoms with Gasteiger partial charge in [-0.3, -0.25) is 9.36 Å². The third kappa shape index (κ3) is 2.78. The standard InChI is InChI=1S/C22H19ClN8O/c23-15-11-13-29-19(15)21(32)30(14-6-2-1-3-7-14)20(26-29)16-8-5-12-28(16)18-10-4-9-17-25-22(24)27-31(17)18/h1-4,6-7,9-11,13,16H,5,8,12H2,(H2,24,27)/t16-/m0/s1. The third-order valence-corrected chi connectivity index (χ3v) is 6.18. The number of benzene rings is 1. The van der Waals surface area contributed by atoms with Crippen LogP contribution in [-0.4, -0.2) is 35.3 Å². The van der Waals surface area contributed by atoms with Crippen molar-refractivity contribution in [3.8, 4) is 5.69 Å². The molecule has 0 bridgehead atoms. The number of anilines is 2. The average Bonchev–Trinajstić information content (AvgIpc) is 3.51. The van der Waals surface area contributed by atoms with Crippen LogP contribution in [0.15, 0.2) is 65.6 Å². The van der Waals surface area contributed by atoms with Gasteiger partial charge >= 0.3 is 0 Å².